The number of halogens is 1. The molecule has 0 spiro atoms. The van der Waals surface area contributed by atoms with Gasteiger partial charge in [0.15, 0.2) is 0 Å². The Kier molecular flexibility index (Phi) is 6.52. The Balaban J connectivity index is 1.55. The third kappa shape index (κ3) is 6.14. The van der Waals surface area contributed by atoms with Gasteiger partial charge in [0.05, 0.1) is 0 Å². The molecule has 29 heavy (non-hydrogen) atoms. The van der Waals surface area contributed by atoms with Crippen LogP contribution in [0.4, 0.5) is 21.5 Å². The molecule has 0 atom stereocenters. The monoisotopic (exact) mass is 392 g/mol. The number of nitrogens with zero attached hydrogens (tertiary/aromatic N) is 1. The van der Waals surface area contributed by atoms with Crippen molar-refractivity contribution in [3.05, 3.63) is 83.9 Å². The molecular weight excluding hydrogens is 371 g/mol. The Bertz CT molecular complexity index is 988. The lowest BCUT2D eigenvalue weighted by Crippen LogP contribution is -2.14. The van der Waals surface area contributed by atoms with Crippen molar-refractivity contribution in [2.45, 2.75) is 13.3 Å². The molecule has 0 bridgehead atoms. The molecule has 0 saturated carbocycles. The first kappa shape index (κ1) is 20.0. The molecule has 7 heteroatoms. The van der Waals surface area contributed by atoms with Gasteiger partial charge in [0, 0.05) is 36.7 Å². The van der Waals surface area contributed by atoms with Crippen LogP contribution in [0.2, 0.25) is 0 Å². The smallest absolute Gasteiger partial charge is 0.274 e. The predicted molar refractivity (Wildman–Crippen MR) is 112 cm³/mol. The normalized spacial score (nSPS) is 10.3. The molecule has 2 amide bonds. The Labute approximate surface area is 168 Å². The van der Waals surface area contributed by atoms with Gasteiger partial charge >= 0.3 is 0 Å². The fraction of sp³-hybridized carbons (Fsp3) is 0.136. The van der Waals surface area contributed by atoms with Crippen molar-refractivity contribution in [3.63, 3.8) is 0 Å². The van der Waals surface area contributed by atoms with Crippen LogP contribution in [0.15, 0.2) is 66.9 Å². The molecule has 0 saturated heterocycles. The highest BCUT2D eigenvalue weighted by atomic mass is 19.1. The maximum absolute atomic E-state index is 12.9. The summed E-state index contributed by atoms with van der Waals surface area (Å²) in [5.74, 6) is -0.745. The summed E-state index contributed by atoms with van der Waals surface area (Å²) < 4.78 is 12.9. The van der Waals surface area contributed by atoms with Crippen LogP contribution in [0.5, 0.6) is 0 Å². The van der Waals surface area contributed by atoms with Crippen molar-refractivity contribution in [3.8, 4) is 0 Å². The van der Waals surface area contributed by atoms with Gasteiger partial charge in [-0.2, -0.15) is 0 Å². The second-order valence-electron chi connectivity index (χ2n) is 6.45. The van der Waals surface area contributed by atoms with Crippen LogP contribution < -0.4 is 16.0 Å². The van der Waals surface area contributed by atoms with Gasteiger partial charge in [-0.25, -0.2) is 4.39 Å². The van der Waals surface area contributed by atoms with E-state index in [1.165, 1.54) is 19.1 Å². The second kappa shape index (κ2) is 9.45. The highest BCUT2D eigenvalue weighted by Crippen LogP contribution is 2.15. The zero-order valence-electron chi connectivity index (χ0n) is 15.9. The number of pyridine rings is 1. The standard InChI is InChI=1S/C22H21FN4O2/c1-15(28)26-18-6-8-19(9-7-18)27-22(29)21-14-20(11-13-25-21)24-12-10-16-2-4-17(23)5-3-16/h2-9,11,13-14H,10,12H2,1H3,(H,24,25)(H,26,28)(H,27,29). The van der Waals surface area contributed by atoms with Crippen molar-refractivity contribution in [2.75, 3.05) is 22.5 Å². The van der Waals surface area contributed by atoms with E-state index in [1.807, 2.05) is 0 Å². The van der Waals surface area contributed by atoms with Crippen molar-refractivity contribution < 1.29 is 14.0 Å². The maximum Gasteiger partial charge on any atom is 0.274 e. The van der Waals surface area contributed by atoms with E-state index in [9.17, 15) is 14.0 Å². The molecule has 1 aromatic heterocycles. The highest BCUT2D eigenvalue weighted by molar-refractivity contribution is 6.03. The van der Waals surface area contributed by atoms with Gasteiger partial charge in [-0.15, -0.1) is 0 Å². The number of hydrogen-bond acceptors (Lipinski definition) is 4. The van der Waals surface area contributed by atoms with Gasteiger partial charge in [0.2, 0.25) is 5.91 Å². The Morgan fingerprint density at radius 2 is 1.55 bits per heavy atom. The summed E-state index contributed by atoms with van der Waals surface area (Å²) in [6.45, 7) is 2.07. The largest absolute Gasteiger partial charge is 0.385 e. The number of hydrogen-bond donors (Lipinski definition) is 3. The minimum absolute atomic E-state index is 0.158. The van der Waals surface area contributed by atoms with Crippen LogP contribution in [0, 0.1) is 5.82 Å². The first-order valence-electron chi connectivity index (χ1n) is 9.13. The molecule has 2 aromatic carbocycles. The van der Waals surface area contributed by atoms with E-state index in [2.05, 4.69) is 20.9 Å². The first-order chi connectivity index (χ1) is 14.0. The van der Waals surface area contributed by atoms with E-state index < -0.39 is 0 Å². The number of carbonyl (C=O) groups is 2. The van der Waals surface area contributed by atoms with Crippen molar-refractivity contribution in [2.24, 2.45) is 0 Å². The van der Waals surface area contributed by atoms with Crippen LogP contribution in [-0.2, 0) is 11.2 Å². The molecule has 0 aliphatic heterocycles. The number of benzene rings is 2. The molecule has 1 heterocycles. The van der Waals surface area contributed by atoms with Crippen molar-refractivity contribution in [1.82, 2.24) is 4.98 Å². The van der Waals surface area contributed by atoms with Crippen LogP contribution in [0.25, 0.3) is 0 Å². The molecule has 3 N–H and O–H groups in total. The van der Waals surface area contributed by atoms with E-state index in [0.29, 0.717) is 17.9 Å². The molecule has 0 unspecified atom stereocenters. The van der Waals surface area contributed by atoms with Crippen molar-refractivity contribution in [1.29, 1.82) is 0 Å². The molecule has 0 fully saturated rings. The van der Waals surface area contributed by atoms with Gasteiger partial charge in [-0.05, 0) is 60.5 Å². The highest BCUT2D eigenvalue weighted by Gasteiger charge is 2.09. The lowest BCUT2D eigenvalue weighted by molar-refractivity contribution is -0.114. The molecule has 0 aliphatic rings. The van der Waals surface area contributed by atoms with Crippen molar-refractivity contribution >= 4 is 28.9 Å². The lowest BCUT2D eigenvalue weighted by Gasteiger charge is -2.09. The average Bonchev–Trinajstić information content (AvgIpc) is 2.71. The molecule has 0 aliphatic carbocycles. The number of nitrogens with one attached hydrogen (secondary N) is 3. The minimum Gasteiger partial charge on any atom is -0.385 e. The molecule has 3 aromatic rings. The van der Waals surface area contributed by atoms with Gasteiger partial charge in [0.1, 0.15) is 11.5 Å². The van der Waals surface area contributed by atoms with Crippen LogP contribution >= 0.6 is 0 Å². The molecule has 0 radical (unpaired) electrons. The zero-order valence-corrected chi connectivity index (χ0v) is 15.9. The molecule has 3 rings (SSSR count). The maximum atomic E-state index is 12.9. The van der Waals surface area contributed by atoms with Crippen LogP contribution in [-0.4, -0.2) is 23.3 Å². The lowest BCUT2D eigenvalue weighted by atomic mass is 10.1. The number of carbonyl (C=O) groups excluding carboxylic acids is 2. The summed E-state index contributed by atoms with van der Waals surface area (Å²) >= 11 is 0. The summed E-state index contributed by atoms with van der Waals surface area (Å²) in [5.41, 5.74) is 3.33. The summed E-state index contributed by atoms with van der Waals surface area (Å²) in [6.07, 6.45) is 2.29. The summed E-state index contributed by atoms with van der Waals surface area (Å²) in [4.78, 5) is 27.6. The van der Waals surface area contributed by atoms with Gasteiger partial charge in [-0.1, -0.05) is 12.1 Å². The Morgan fingerprint density at radius 1 is 0.897 bits per heavy atom. The number of rotatable bonds is 7. The third-order valence-corrected chi connectivity index (χ3v) is 4.11. The summed E-state index contributed by atoms with van der Waals surface area (Å²) in [7, 11) is 0. The Hall–Kier alpha value is -3.74. The quantitative estimate of drug-likeness (QED) is 0.566. The van der Waals surface area contributed by atoms with E-state index in [1.54, 1.807) is 54.7 Å². The topological polar surface area (TPSA) is 83.1 Å². The van der Waals surface area contributed by atoms with E-state index in [0.717, 1.165) is 17.7 Å². The number of aromatic nitrogens is 1. The second-order valence-corrected chi connectivity index (χ2v) is 6.45. The predicted octanol–water partition coefficient (Wildman–Crippen LogP) is 4.09. The average molecular weight is 392 g/mol. The SMILES string of the molecule is CC(=O)Nc1ccc(NC(=O)c2cc(NCCc3ccc(F)cc3)ccn2)cc1. The van der Waals surface area contributed by atoms with Crippen LogP contribution in [0.3, 0.4) is 0 Å². The van der Waals surface area contributed by atoms with E-state index in [4.69, 9.17) is 0 Å². The van der Waals surface area contributed by atoms with Gasteiger partial charge < -0.3 is 16.0 Å². The number of anilines is 3. The summed E-state index contributed by atoms with van der Waals surface area (Å²) in [5, 5.41) is 8.68. The molecular formula is C22H21FN4O2. The fourth-order valence-electron chi connectivity index (χ4n) is 2.70. The van der Waals surface area contributed by atoms with E-state index in [-0.39, 0.29) is 23.3 Å². The van der Waals surface area contributed by atoms with Gasteiger partial charge in [-0.3, -0.25) is 14.6 Å². The van der Waals surface area contributed by atoms with Crippen LogP contribution in [0.1, 0.15) is 23.0 Å². The first-order valence-corrected chi connectivity index (χ1v) is 9.13. The fourth-order valence-corrected chi connectivity index (χ4v) is 2.70. The number of amides is 2. The van der Waals surface area contributed by atoms with E-state index >= 15 is 0 Å². The molecule has 6 nitrogen and oxygen atoms in total. The summed E-state index contributed by atoms with van der Waals surface area (Å²) in [6, 6.07) is 16.6. The minimum atomic E-state index is -0.334. The van der Waals surface area contributed by atoms with Gasteiger partial charge in [0.25, 0.3) is 5.91 Å². The third-order valence-electron chi connectivity index (χ3n) is 4.11. The zero-order chi connectivity index (χ0) is 20.6. The Morgan fingerprint density at radius 3 is 2.21 bits per heavy atom. The molecule has 148 valence electrons.